The topological polar surface area (TPSA) is 15.3 Å². The normalized spacial score (nSPS) is 30.1. The molecule has 2 aliphatic rings. The third-order valence-corrected chi connectivity index (χ3v) is 5.52. The van der Waals surface area contributed by atoms with Crippen LogP contribution in [0.5, 0.6) is 0 Å². The highest BCUT2D eigenvalue weighted by Crippen LogP contribution is 2.28. The maximum atomic E-state index is 3.85. The lowest BCUT2D eigenvalue weighted by atomic mass is 9.89. The second-order valence-electron chi connectivity index (χ2n) is 7.42. The molecule has 2 nitrogen and oxygen atoms in total. The number of hydrogen-bond acceptors (Lipinski definition) is 2. The van der Waals surface area contributed by atoms with Gasteiger partial charge in [-0.3, -0.25) is 0 Å². The van der Waals surface area contributed by atoms with E-state index in [-0.39, 0.29) is 0 Å². The van der Waals surface area contributed by atoms with E-state index in [0.29, 0.717) is 0 Å². The van der Waals surface area contributed by atoms with Crippen molar-refractivity contribution in [1.29, 1.82) is 0 Å². The maximum absolute atomic E-state index is 3.85. The second kappa shape index (κ2) is 9.04. The molecule has 1 saturated heterocycles. The van der Waals surface area contributed by atoms with Gasteiger partial charge in [0, 0.05) is 19.1 Å². The molecule has 118 valence electrons. The van der Waals surface area contributed by atoms with Gasteiger partial charge >= 0.3 is 0 Å². The van der Waals surface area contributed by atoms with E-state index in [1.54, 1.807) is 0 Å². The molecule has 0 aromatic carbocycles. The summed E-state index contributed by atoms with van der Waals surface area (Å²) in [5, 5.41) is 3.85. The second-order valence-corrected chi connectivity index (χ2v) is 7.42. The van der Waals surface area contributed by atoms with Gasteiger partial charge in [0.05, 0.1) is 0 Å². The summed E-state index contributed by atoms with van der Waals surface area (Å²) in [5.41, 5.74) is 0. The summed E-state index contributed by atoms with van der Waals surface area (Å²) in [5.74, 6) is 1.86. The quantitative estimate of drug-likeness (QED) is 0.764. The van der Waals surface area contributed by atoms with E-state index in [9.17, 15) is 0 Å². The summed E-state index contributed by atoms with van der Waals surface area (Å²) in [6.45, 7) is 9.94. The molecule has 20 heavy (non-hydrogen) atoms. The van der Waals surface area contributed by atoms with Crippen LogP contribution in [0.3, 0.4) is 0 Å². The Labute approximate surface area is 126 Å². The molecule has 0 spiro atoms. The van der Waals surface area contributed by atoms with Crippen molar-refractivity contribution in [1.82, 2.24) is 10.2 Å². The van der Waals surface area contributed by atoms with Crippen LogP contribution in [-0.4, -0.2) is 37.1 Å². The molecule has 2 heteroatoms. The van der Waals surface area contributed by atoms with E-state index in [1.807, 2.05) is 0 Å². The van der Waals surface area contributed by atoms with Crippen molar-refractivity contribution in [2.24, 2.45) is 11.8 Å². The Balaban J connectivity index is 1.61. The van der Waals surface area contributed by atoms with Crippen molar-refractivity contribution < 1.29 is 0 Å². The maximum Gasteiger partial charge on any atom is 0.0107 e. The van der Waals surface area contributed by atoms with E-state index in [2.05, 4.69) is 24.1 Å². The Morgan fingerprint density at radius 1 is 0.900 bits per heavy atom. The Morgan fingerprint density at radius 3 is 2.35 bits per heavy atom. The van der Waals surface area contributed by atoms with Gasteiger partial charge in [-0.05, 0) is 57.0 Å². The van der Waals surface area contributed by atoms with Crippen LogP contribution in [0.25, 0.3) is 0 Å². The minimum Gasteiger partial charge on any atom is -0.313 e. The van der Waals surface area contributed by atoms with Crippen molar-refractivity contribution in [3.8, 4) is 0 Å². The van der Waals surface area contributed by atoms with Gasteiger partial charge in [-0.2, -0.15) is 0 Å². The molecule has 0 radical (unpaired) electrons. The van der Waals surface area contributed by atoms with Crippen LogP contribution >= 0.6 is 0 Å². The van der Waals surface area contributed by atoms with Gasteiger partial charge in [-0.1, -0.05) is 39.5 Å². The first-order chi connectivity index (χ1) is 9.75. The van der Waals surface area contributed by atoms with Gasteiger partial charge in [-0.15, -0.1) is 0 Å². The Morgan fingerprint density at radius 2 is 1.65 bits per heavy atom. The number of nitrogens with zero attached hydrogens (tertiary/aromatic N) is 1. The van der Waals surface area contributed by atoms with E-state index in [4.69, 9.17) is 0 Å². The van der Waals surface area contributed by atoms with Crippen molar-refractivity contribution >= 4 is 0 Å². The lowest BCUT2D eigenvalue weighted by Crippen LogP contribution is -2.37. The standard InChI is InChI=1S/C18H36N2/c1-16(2)17-8-7-9-18(11-10-17)19-12-15-20-13-5-3-4-6-14-20/h16-19H,3-15H2,1-2H3. The highest BCUT2D eigenvalue weighted by molar-refractivity contribution is 4.77. The first-order valence-electron chi connectivity index (χ1n) is 9.21. The average Bonchev–Trinajstić information content (AvgIpc) is 2.81. The van der Waals surface area contributed by atoms with E-state index >= 15 is 0 Å². The molecule has 2 fully saturated rings. The van der Waals surface area contributed by atoms with Crippen LogP contribution in [0.15, 0.2) is 0 Å². The first kappa shape index (κ1) is 16.3. The lowest BCUT2D eigenvalue weighted by molar-refractivity contribution is 0.275. The third kappa shape index (κ3) is 5.73. The fourth-order valence-electron chi connectivity index (χ4n) is 3.99. The predicted molar refractivity (Wildman–Crippen MR) is 88.1 cm³/mol. The van der Waals surface area contributed by atoms with Gasteiger partial charge in [0.15, 0.2) is 0 Å². The summed E-state index contributed by atoms with van der Waals surface area (Å²) in [4.78, 5) is 2.67. The molecular formula is C18H36N2. The van der Waals surface area contributed by atoms with Crippen LogP contribution in [0.2, 0.25) is 0 Å². The minimum atomic E-state index is 0.797. The van der Waals surface area contributed by atoms with E-state index in [0.717, 1.165) is 17.9 Å². The fourth-order valence-corrected chi connectivity index (χ4v) is 3.99. The van der Waals surface area contributed by atoms with Crippen LogP contribution < -0.4 is 5.32 Å². The van der Waals surface area contributed by atoms with Crippen LogP contribution in [0, 0.1) is 11.8 Å². The Bertz CT molecular complexity index is 244. The van der Waals surface area contributed by atoms with Gasteiger partial charge in [-0.25, -0.2) is 0 Å². The molecule has 1 N–H and O–H groups in total. The van der Waals surface area contributed by atoms with Gasteiger partial charge in [0.2, 0.25) is 0 Å². The molecule has 1 aliphatic carbocycles. The Hall–Kier alpha value is -0.0800. The minimum absolute atomic E-state index is 0.797. The van der Waals surface area contributed by atoms with Crippen molar-refractivity contribution in [2.45, 2.75) is 77.7 Å². The lowest BCUT2D eigenvalue weighted by Gasteiger charge is -2.23. The number of nitrogens with one attached hydrogen (secondary N) is 1. The molecule has 1 aliphatic heterocycles. The molecule has 0 aromatic rings. The molecule has 2 atom stereocenters. The van der Waals surface area contributed by atoms with Gasteiger partial charge < -0.3 is 10.2 Å². The molecule has 2 unspecified atom stereocenters. The summed E-state index contributed by atoms with van der Waals surface area (Å²) in [6, 6.07) is 0.797. The van der Waals surface area contributed by atoms with Crippen molar-refractivity contribution in [3.05, 3.63) is 0 Å². The molecule has 0 bridgehead atoms. The van der Waals surface area contributed by atoms with E-state index < -0.39 is 0 Å². The zero-order valence-electron chi connectivity index (χ0n) is 13.9. The average molecular weight is 280 g/mol. The zero-order valence-corrected chi connectivity index (χ0v) is 13.9. The number of rotatable bonds is 5. The van der Waals surface area contributed by atoms with Crippen LogP contribution in [0.1, 0.15) is 71.6 Å². The van der Waals surface area contributed by atoms with Crippen molar-refractivity contribution in [3.63, 3.8) is 0 Å². The van der Waals surface area contributed by atoms with E-state index in [1.165, 1.54) is 84.0 Å². The SMILES string of the molecule is CC(C)C1CCCC(NCCN2CCCCCC2)CC1. The van der Waals surface area contributed by atoms with Crippen molar-refractivity contribution in [2.75, 3.05) is 26.2 Å². The third-order valence-electron chi connectivity index (χ3n) is 5.52. The molecule has 2 rings (SSSR count). The van der Waals surface area contributed by atoms with Crippen LogP contribution in [-0.2, 0) is 0 Å². The fraction of sp³-hybridized carbons (Fsp3) is 1.00. The summed E-state index contributed by atoms with van der Waals surface area (Å²) in [6.07, 6.45) is 12.9. The molecule has 0 aromatic heterocycles. The molecule has 1 saturated carbocycles. The Kier molecular flexibility index (Phi) is 7.37. The first-order valence-corrected chi connectivity index (χ1v) is 9.21. The molecule has 0 amide bonds. The highest BCUT2D eigenvalue weighted by atomic mass is 15.1. The number of hydrogen-bond donors (Lipinski definition) is 1. The molecular weight excluding hydrogens is 244 g/mol. The van der Waals surface area contributed by atoms with Gasteiger partial charge in [0.1, 0.15) is 0 Å². The largest absolute Gasteiger partial charge is 0.313 e. The zero-order chi connectivity index (χ0) is 14.2. The summed E-state index contributed by atoms with van der Waals surface area (Å²) in [7, 11) is 0. The predicted octanol–water partition coefficient (Wildman–Crippen LogP) is 4.06. The summed E-state index contributed by atoms with van der Waals surface area (Å²) < 4.78 is 0. The smallest absolute Gasteiger partial charge is 0.0107 e. The molecule has 1 heterocycles. The summed E-state index contributed by atoms with van der Waals surface area (Å²) >= 11 is 0. The highest BCUT2D eigenvalue weighted by Gasteiger charge is 2.20. The van der Waals surface area contributed by atoms with Crippen LogP contribution in [0.4, 0.5) is 0 Å². The van der Waals surface area contributed by atoms with Gasteiger partial charge in [0.25, 0.3) is 0 Å². The monoisotopic (exact) mass is 280 g/mol. The number of likely N-dealkylation sites (tertiary alicyclic amines) is 1.